The molecule has 2 N–H and O–H groups in total. The van der Waals surface area contributed by atoms with E-state index in [1.807, 2.05) is 19.2 Å². The lowest BCUT2D eigenvalue weighted by Gasteiger charge is -2.08. The zero-order valence-electron chi connectivity index (χ0n) is 14.8. The minimum Gasteiger partial charge on any atom is -0.459 e. The molecule has 0 aliphatic carbocycles. The van der Waals surface area contributed by atoms with E-state index in [1.54, 1.807) is 27.7 Å². The van der Waals surface area contributed by atoms with Gasteiger partial charge in [0.1, 0.15) is 5.69 Å². The Morgan fingerprint density at radius 2 is 1.92 bits per heavy atom. The van der Waals surface area contributed by atoms with Crippen LogP contribution in [0.1, 0.15) is 71.4 Å². The first-order valence-electron chi connectivity index (χ1n) is 7.87. The fourth-order valence-corrected chi connectivity index (χ4v) is 3.19. The van der Waals surface area contributed by atoms with E-state index in [4.69, 9.17) is 4.74 Å². The molecule has 6 nitrogen and oxygen atoms in total. The molecular weight excluding hydrogens is 326 g/mol. The van der Waals surface area contributed by atoms with Crippen molar-refractivity contribution in [1.29, 1.82) is 0 Å². The van der Waals surface area contributed by atoms with Crippen molar-refractivity contribution in [3.63, 3.8) is 0 Å². The molecule has 2 aromatic rings. The van der Waals surface area contributed by atoms with E-state index in [1.165, 1.54) is 11.3 Å². The Kier molecular flexibility index (Phi) is 5.43. The van der Waals surface area contributed by atoms with Gasteiger partial charge < -0.3 is 9.72 Å². The number of rotatable bonds is 5. The van der Waals surface area contributed by atoms with Crippen molar-refractivity contribution in [3.05, 3.63) is 33.6 Å². The van der Waals surface area contributed by atoms with Crippen molar-refractivity contribution in [1.82, 2.24) is 9.97 Å². The number of aromatic amines is 1. The molecule has 0 bridgehead atoms. The van der Waals surface area contributed by atoms with Gasteiger partial charge in [0, 0.05) is 11.1 Å². The summed E-state index contributed by atoms with van der Waals surface area (Å²) in [5.74, 6) is -0.436. The number of ether oxygens (including phenoxy) is 1. The Balaban J connectivity index is 2.22. The molecule has 0 saturated carbocycles. The van der Waals surface area contributed by atoms with Gasteiger partial charge in [-0.1, -0.05) is 13.8 Å². The van der Waals surface area contributed by atoms with E-state index in [9.17, 15) is 9.59 Å². The molecule has 0 saturated heterocycles. The van der Waals surface area contributed by atoms with Crippen LogP contribution in [0.3, 0.4) is 0 Å². The summed E-state index contributed by atoms with van der Waals surface area (Å²) in [6, 6.07) is 0. The summed E-state index contributed by atoms with van der Waals surface area (Å²) < 4.78 is 5.24. The molecule has 0 aromatic carbocycles. The lowest BCUT2D eigenvalue weighted by atomic mass is 10.1. The van der Waals surface area contributed by atoms with Gasteiger partial charge in [-0.05, 0) is 39.2 Å². The normalized spacial score (nSPS) is 11.2. The van der Waals surface area contributed by atoms with Crippen LogP contribution in [0.15, 0.2) is 5.38 Å². The van der Waals surface area contributed by atoms with Crippen LogP contribution in [0.4, 0.5) is 5.13 Å². The Bertz CT molecular complexity index is 759. The average Bonchev–Trinajstić information content (AvgIpc) is 3.03. The molecule has 0 fully saturated rings. The third-order valence-electron chi connectivity index (χ3n) is 3.55. The zero-order valence-corrected chi connectivity index (χ0v) is 15.6. The highest BCUT2D eigenvalue weighted by Crippen LogP contribution is 2.24. The van der Waals surface area contributed by atoms with Crippen LogP contribution in [0, 0.1) is 13.8 Å². The molecular formula is C17H23N3O3S. The van der Waals surface area contributed by atoms with Gasteiger partial charge >= 0.3 is 5.97 Å². The number of carbonyl (C=O) groups excluding carboxylic acids is 2. The third kappa shape index (κ3) is 3.84. The second-order valence-electron chi connectivity index (χ2n) is 6.27. The number of H-pyrrole nitrogens is 1. The quantitative estimate of drug-likeness (QED) is 0.798. The van der Waals surface area contributed by atoms with Gasteiger partial charge in [0.05, 0.1) is 17.4 Å². The number of hydrogen-bond donors (Lipinski definition) is 2. The van der Waals surface area contributed by atoms with Gasteiger partial charge in [-0.25, -0.2) is 9.78 Å². The number of thiazole rings is 1. The summed E-state index contributed by atoms with van der Waals surface area (Å²) in [5.41, 5.74) is 2.90. The van der Waals surface area contributed by atoms with Crippen LogP contribution in [0.2, 0.25) is 0 Å². The minimum atomic E-state index is -0.424. The number of hydrogen-bond acceptors (Lipinski definition) is 5. The van der Waals surface area contributed by atoms with Crippen LogP contribution in [0.25, 0.3) is 0 Å². The highest BCUT2D eigenvalue weighted by molar-refractivity contribution is 7.14. The molecule has 2 rings (SSSR count). The van der Waals surface area contributed by atoms with Crippen molar-refractivity contribution in [2.45, 2.75) is 53.6 Å². The number of aryl methyl sites for hydroxylation is 1. The first kappa shape index (κ1) is 18.2. The monoisotopic (exact) mass is 349 g/mol. The summed E-state index contributed by atoms with van der Waals surface area (Å²) in [4.78, 5) is 32.1. The molecule has 0 unspecified atom stereocenters. The zero-order chi connectivity index (χ0) is 18.0. The number of esters is 1. The molecule has 24 heavy (non-hydrogen) atoms. The summed E-state index contributed by atoms with van der Waals surface area (Å²) in [5, 5.41) is 5.25. The fraction of sp³-hybridized carbons (Fsp3) is 0.471. The number of nitrogens with one attached hydrogen (secondary N) is 2. The van der Waals surface area contributed by atoms with Crippen LogP contribution >= 0.6 is 11.3 Å². The maximum atomic E-state index is 12.5. The van der Waals surface area contributed by atoms with E-state index in [2.05, 4.69) is 15.3 Å². The number of amides is 1. The van der Waals surface area contributed by atoms with Gasteiger partial charge in [0.2, 0.25) is 0 Å². The van der Waals surface area contributed by atoms with Crippen LogP contribution in [-0.4, -0.2) is 27.9 Å². The first-order valence-corrected chi connectivity index (χ1v) is 8.75. The maximum absolute atomic E-state index is 12.5. The van der Waals surface area contributed by atoms with Crippen LogP contribution in [0.5, 0.6) is 0 Å². The highest BCUT2D eigenvalue weighted by Gasteiger charge is 2.24. The van der Waals surface area contributed by atoms with Gasteiger partial charge in [0.25, 0.3) is 5.91 Å². The van der Waals surface area contributed by atoms with Crippen LogP contribution in [-0.2, 0) is 4.74 Å². The van der Waals surface area contributed by atoms with Gasteiger partial charge in [-0.15, -0.1) is 11.3 Å². The third-order valence-corrected chi connectivity index (χ3v) is 4.32. The molecule has 130 valence electrons. The van der Waals surface area contributed by atoms with Crippen LogP contribution < -0.4 is 5.32 Å². The predicted molar refractivity (Wildman–Crippen MR) is 95.0 cm³/mol. The molecule has 1 amide bonds. The second kappa shape index (κ2) is 7.17. The van der Waals surface area contributed by atoms with Crippen molar-refractivity contribution in [2.24, 2.45) is 0 Å². The molecule has 7 heteroatoms. The van der Waals surface area contributed by atoms with E-state index in [-0.39, 0.29) is 12.0 Å². The molecule has 0 radical (unpaired) electrons. The van der Waals surface area contributed by atoms with Gasteiger partial charge in [-0.2, -0.15) is 0 Å². The highest BCUT2D eigenvalue weighted by atomic mass is 32.1. The second-order valence-corrected chi connectivity index (χ2v) is 7.12. The van der Waals surface area contributed by atoms with E-state index in [0.717, 1.165) is 5.69 Å². The molecule has 0 aliphatic rings. The largest absolute Gasteiger partial charge is 0.459 e. The van der Waals surface area contributed by atoms with E-state index < -0.39 is 5.97 Å². The smallest absolute Gasteiger partial charge is 0.340 e. The summed E-state index contributed by atoms with van der Waals surface area (Å²) in [7, 11) is 0. The maximum Gasteiger partial charge on any atom is 0.340 e. The number of aromatic nitrogens is 2. The molecule has 0 aliphatic heterocycles. The van der Waals surface area contributed by atoms with Gasteiger partial charge in [-0.3, -0.25) is 10.1 Å². The first-order chi connectivity index (χ1) is 11.2. The van der Waals surface area contributed by atoms with E-state index in [0.29, 0.717) is 33.6 Å². The average molecular weight is 349 g/mol. The topological polar surface area (TPSA) is 84.1 Å². The molecule has 0 atom stereocenters. The standard InChI is InChI=1S/C17H23N3O3S/c1-8(2)12-7-24-17(19-12)20-15(21)14-10(5)13(11(6)18-14)16(22)23-9(3)4/h7-9,18H,1-6H3,(H,19,20,21). The molecule has 2 heterocycles. The Hall–Kier alpha value is -2.15. The number of carbonyl (C=O) groups is 2. The summed E-state index contributed by atoms with van der Waals surface area (Å²) in [6.45, 7) is 11.2. The Morgan fingerprint density at radius 3 is 2.46 bits per heavy atom. The Labute approximate surface area is 145 Å². The van der Waals surface area contributed by atoms with E-state index >= 15 is 0 Å². The van der Waals surface area contributed by atoms with Gasteiger partial charge in [0.15, 0.2) is 5.13 Å². The van der Waals surface area contributed by atoms with Crippen molar-refractivity contribution in [3.8, 4) is 0 Å². The molecule has 0 spiro atoms. The van der Waals surface area contributed by atoms with Crippen molar-refractivity contribution >= 4 is 28.3 Å². The summed E-state index contributed by atoms with van der Waals surface area (Å²) >= 11 is 1.38. The lowest BCUT2D eigenvalue weighted by molar-refractivity contribution is 0.0376. The number of anilines is 1. The lowest BCUT2D eigenvalue weighted by Crippen LogP contribution is -2.15. The number of nitrogens with zero attached hydrogens (tertiary/aromatic N) is 1. The molecule has 2 aromatic heterocycles. The van der Waals surface area contributed by atoms with Crippen molar-refractivity contribution < 1.29 is 14.3 Å². The minimum absolute atomic E-state index is 0.215. The fourth-order valence-electron chi connectivity index (χ4n) is 2.32. The predicted octanol–water partition coefficient (Wildman–Crippen LogP) is 4.03. The Morgan fingerprint density at radius 1 is 1.25 bits per heavy atom. The van der Waals surface area contributed by atoms with Crippen molar-refractivity contribution in [2.75, 3.05) is 5.32 Å². The summed E-state index contributed by atoms with van der Waals surface area (Å²) in [6.07, 6.45) is -0.215. The SMILES string of the molecule is Cc1[nH]c(C(=O)Nc2nc(C(C)C)cs2)c(C)c1C(=O)OC(C)C.